The first-order chi connectivity index (χ1) is 12.6. The van der Waals surface area contributed by atoms with Gasteiger partial charge in [0.05, 0.1) is 36.4 Å². The molecule has 0 aliphatic heterocycles. The zero-order valence-electron chi connectivity index (χ0n) is 15.1. The molecule has 0 fully saturated rings. The summed E-state index contributed by atoms with van der Waals surface area (Å²) in [4.78, 5) is 17.8. The van der Waals surface area contributed by atoms with Crippen LogP contribution in [0.3, 0.4) is 0 Å². The third kappa shape index (κ3) is 4.08. The highest BCUT2D eigenvalue weighted by molar-refractivity contribution is 7.99. The van der Waals surface area contributed by atoms with Gasteiger partial charge in [0.2, 0.25) is 0 Å². The van der Waals surface area contributed by atoms with Crippen LogP contribution in [0, 0.1) is 0 Å². The third-order valence-electron chi connectivity index (χ3n) is 3.84. The number of hydrogen-bond acceptors (Lipinski definition) is 5. The number of fused-ring (bicyclic) bond motifs is 1. The first-order valence-electron chi connectivity index (χ1n) is 8.51. The van der Waals surface area contributed by atoms with Crippen molar-refractivity contribution in [2.75, 3.05) is 19.5 Å². The Bertz CT molecular complexity index is 936. The Hall–Kier alpha value is -2.31. The number of methoxy groups -OCH3 is 1. The van der Waals surface area contributed by atoms with E-state index in [9.17, 15) is 4.79 Å². The van der Waals surface area contributed by atoms with Gasteiger partial charge in [-0.1, -0.05) is 23.9 Å². The normalized spacial score (nSPS) is 11.2. The summed E-state index contributed by atoms with van der Waals surface area (Å²) in [5.74, 6) is 1.47. The first-order valence-corrected chi connectivity index (χ1v) is 9.49. The molecule has 0 amide bonds. The standard InChI is InChI=1S/C20H22N2O3S/c1-14(2)25-12-13-26-20-21-18-7-5-4-6-17(18)19(23)22(20)15-8-10-16(24-3)11-9-15/h4-11,14H,12-13H2,1-3H3. The fourth-order valence-electron chi connectivity index (χ4n) is 2.58. The molecule has 0 saturated carbocycles. The maximum atomic E-state index is 13.1. The van der Waals surface area contributed by atoms with Crippen LogP contribution < -0.4 is 10.3 Å². The van der Waals surface area contributed by atoms with E-state index < -0.39 is 0 Å². The molecule has 0 saturated heterocycles. The van der Waals surface area contributed by atoms with Gasteiger partial charge in [-0.15, -0.1) is 0 Å². The number of thioether (sulfide) groups is 1. The molecule has 3 aromatic rings. The molecular formula is C20H22N2O3S. The molecule has 0 unspecified atom stereocenters. The Morgan fingerprint density at radius 3 is 2.54 bits per heavy atom. The monoisotopic (exact) mass is 370 g/mol. The molecule has 1 heterocycles. The van der Waals surface area contributed by atoms with Crippen LogP contribution in [0.15, 0.2) is 58.5 Å². The van der Waals surface area contributed by atoms with Crippen molar-refractivity contribution in [1.82, 2.24) is 9.55 Å². The van der Waals surface area contributed by atoms with E-state index in [-0.39, 0.29) is 11.7 Å². The van der Waals surface area contributed by atoms with Gasteiger partial charge in [0, 0.05) is 5.75 Å². The van der Waals surface area contributed by atoms with Gasteiger partial charge >= 0.3 is 0 Å². The Labute approximate surface area is 157 Å². The van der Waals surface area contributed by atoms with E-state index in [1.54, 1.807) is 17.7 Å². The van der Waals surface area contributed by atoms with Gasteiger partial charge in [0.1, 0.15) is 5.75 Å². The number of nitrogens with zero attached hydrogens (tertiary/aromatic N) is 2. The van der Waals surface area contributed by atoms with Gasteiger partial charge in [-0.05, 0) is 50.2 Å². The summed E-state index contributed by atoms with van der Waals surface area (Å²) in [6, 6.07) is 14.8. The SMILES string of the molecule is COc1ccc(-n2c(SCCOC(C)C)nc3ccccc3c2=O)cc1. The van der Waals surface area contributed by atoms with E-state index in [0.29, 0.717) is 22.7 Å². The predicted octanol–water partition coefficient (Wildman–Crippen LogP) is 3.91. The van der Waals surface area contributed by atoms with E-state index >= 15 is 0 Å². The maximum Gasteiger partial charge on any atom is 0.266 e. The van der Waals surface area contributed by atoms with Gasteiger partial charge in [-0.25, -0.2) is 4.98 Å². The average molecular weight is 370 g/mol. The van der Waals surface area contributed by atoms with Crippen LogP contribution in [0.5, 0.6) is 5.75 Å². The lowest BCUT2D eigenvalue weighted by atomic mass is 10.2. The van der Waals surface area contributed by atoms with Gasteiger partial charge in [-0.2, -0.15) is 0 Å². The Balaban J connectivity index is 2.03. The summed E-state index contributed by atoms with van der Waals surface area (Å²) in [6.45, 7) is 4.62. The molecule has 2 aromatic carbocycles. The van der Waals surface area contributed by atoms with Crippen molar-refractivity contribution in [2.45, 2.75) is 25.1 Å². The number of hydrogen-bond donors (Lipinski definition) is 0. The van der Waals surface area contributed by atoms with E-state index in [0.717, 1.165) is 17.2 Å². The molecule has 0 bridgehead atoms. The summed E-state index contributed by atoms with van der Waals surface area (Å²) in [6.07, 6.45) is 0.184. The summed E-state index contributed by atoms with van der Waals surface area (Å²) in [5.41, 5.74) is 1.39. The summed E-state index contributed by atoms with van der Waals surface area (Å²) in [7, 11) is 1.62. The molecule has 3 rings (SSSR count). The molecule has 0 aliphatic rings. The quantitative estimate of drug-likeness (QED) is 0.358. The summed E-state index contributed by atoms with van der Waals surface area (Å²) in [5, 5.41) is 1.26. The van der Waals surface area contributed by atoms with E-state index in [2.05, 4.69) is 0 Å². The van der Waals surface area contributed by atoms with Gasteiger partial charge in [0.25, 0.3) is 5.56 Å². The van der Waals surface area contributed by atoms with Gasteiger partial charge < -0.3 is 9.47 Å². The third-order valence-corrected chi connectivity index (χ3v) is 4.74. The fourth-order valence-corrected chi connectivity index (χ4v) is 3.43. The molecule has 0 atom stereocenters. The number of ether oxygens (including phenoxy) is 2. The predicted molar refractivity (Wildman–Crippen MR) is 106 cm³/mol. The van der Waals surface area contributed by atoms with Crippen molar-refractivity contribution in [3.8, 4) is 11.4 Å². The summed E-state index contributed by atoms with van der Waals surface area (Å²) >= 11 is 1.52. The Morgan fingerprint density at radius 1 is 1.12 bits per heavy atom. The van der Waals surface area contributed by atoms with Crippen LogP contribution >= 0.6 is 11.8 Å². The molecular weight excluding hydrogens is 348 g/mol. The Kier molecular flexibility index (Phi) is 5.96. The average Bonchev–Trinajstić information content (AvgIpc) is 2.65. The van der Waals surface area contributed by atoms with Crippen molar-refractivity contribution in [1.29, 1.82) is 0 Å². The molecule has 136 valence electrons. The molecule has 0 aliphatic carbocycles. The van der Waals surface area contributed by atoms with Crippen LogP contribution in [0.4, 0.5) is 0 Å². The molecule has 0 spiro atoms. The zero-order valence-corrected chi connectivity index (χ0v) is 16.0. The highest BCUT2D eigenvalue weighted by Crippen LogP contribution is 2.22. The molecule has 26 heavy (non-hydrogen) atoms. The van der Waals surface area contributed by atoms with Crippen LogP contribution in [0.2, 0.25) is 0 Å². The second-order valence-electron chi connectivity index (χ2n) is 6.02. The number of rotatable bonds is 7. The van der Waals surface area contributed by atoms with Crippen molar-refractivity contribution in [3.63, 3.8) is 0 Å². The molecule has 1 aromatic heterocycles. The number of para-hydroxylation sites is 1. The largest absolute Gasteiger partial charge is 0.497 e. The molecule has 6 heteroatoms. The minimum Gasteiger partial charge on any atom is -0.497 e. The first kappa shape index (κ1) is 18.5. The maximum absolute atomic E-state index is 13.1. The van der Waals surface area contributed by atoms with Crippen molar-refractivity contribution >= 4 is 22.7 Å². The second-order valence-corrected chi connectivity index (χ2v) is 7.08. The highest BCUT2D eigenvalue weighted by atomic mass is 32.2. The van der Waals surface area contributed by atoms with Gasteiger partial charge in [-0.3, -0.25) is 9.36 Å². The zero-order chi connectivity index (χ0) is 18.5. The van der Waals surface area contributed by atoms with Crippen LogP contribution in [-0.4, -0.2) is 35.1 Å². The van der Waals surface area contributed by atoms with Crippen molar-refractivity contribution in [2.24, 2.45) is 0 Å². The summed E-state index contributed by atoms with van der Waals surface area (Å²) < 4.78 is 12.5. The van der Waals surface area contributed by atoms with Gasteiger partial charge in [0.15, 0.2) is 5.16 Å². The number of benzene rings is 2. The van der Waals surface area contributed by atoms with Crippen LogP contribution in [-0.2, 0) is 4.74 Å². The smallest absolute Gasteiger partial charge is 0.266 e. The van der Waals surface area contributed by atoms with E-state index in [1.807, 2.05) is 56.3 Å². The lowest BCUT2D eigenvalue weighted by molar-refractivity contribution is 0.0920. The highest BCUT2D eigenvalue weighted by Gasteiger charge is 2.13. The number of aromatic nitrogens is 2. The van der Waals surface area contributed by atoms with Crippen LogP contribution in [0.25, 0.3) is 16.6 Å². The lowest BCUT2D eigenvalue weighted by Crippen LogP contribution is -2.22. The fraction of sp³-hybridized carbons (Fsp3) is 0.300. The lowest BCUT2D eigenvalue weighted by Gasteiger charge is -2.14. The Morgan fingerprint density at radius 2 is 1.85 bits per heavy atom. The molecule has 0 radical (unpaired) electrons. The van der Waals surface area contributed by atoms with E-state index in [4.69, 9.17) is 14.5 Å². The topological polar surface area (TPSA) is 53.4 Å². The second kappa shape index (κ2) is 8.38. The van der Waals surface area contributed by atoms with Crippen molar-refractivity contribution in [3.05, 3.63) is 58.9 Å². The van der Waals surface area contributed by atoms with Crippen LogP contribution in [0.1, 0.15) is 13.8 Å². The molecule has 0 N–H and O–H groups in total. The minimum absolute atomic E-state index is 0.0759. The molecule has 5 nitrogen and oxygen atoms in total. The minimum atomic E-state index is -0.0759. The van der Waals surface area contributed by atoms with Crippen molar-refractivity contribution < 1.29 is 9.47 Å². The van der Waals surface area contributed by atoms with E-state index in [1.165, 1.54) is 11.8 Å².